The molecule has 1 fully saturated rings. The van der Waals surface area contributed by atoms with E-state index in [9.17, 15) is 14.0 Å². The topological polar surface area (TPSA) is 106 Å². The first-order valence-corrected chi connectivity index (χ1v) is 12.6. The van der Waals surface area contributed by atoms with E-state index in [2.05, 4.69) is 25.7 Å². The van der Waals surface area contributed by atoms with Gasteiger partial charge in [-0.3, -0.25) is 14.6 Å². The third-order valence-electron chi connectivity index (χ3n) is 6.63. The molecule has 2 amide bonds. The van der Waals surface area contributed by atoms with Gasteiger partial charge in [0, 0.05) is 30.5 Å². The van der Waals surface area contributed by atoms with Gasteiger partial charge in [0.05, 0.1) is 0 Å². The minimum absolute atomic E-state index is 0.0933. The van der Waals surface area contributed by atoms with Gasteiger partial charge in [0.2, 0.25) is 17.6 Å². The van der Waals surface area contributed by atoms with Crippen LogP contribution < -0.4 is 5.32 Å². The zero-order valence-corrected chi connectivity index (χ0v) is 20.8. The van der Waals surface area contributed by atoms with Gasteiger partial charge in [-0.05, 0) is 65.6 Å². The number of carbonyl (C=O) groups excluding carboxylic acids is 2. The van der Waals surface area contributed by atoms with E-state index in [1.807, 2.05) is 30.3 Å². The van der Waals surface area contributed by atoms with Crippen LogP contribution in [-0.2, 0) is 22.7 Å². The molecule has 10 heteroatoms. The van der Waals surface area contributed by atoms with Gasteiger partial charge in [-0.25, -0.2) is 4.39 Å². The molecule has 0 aliphatic heterocycles. The number of tetrazole rings is 1. The van der Waals surface area contributed by atoms with E-state index in [0.717, 1.165) is 31.2 Å². The number of nitrogens with zero attached hydrogens (tertiary/aromatic N) is 6. The average Bonchev–Trinajstić information content (AvgIpc) is 3.62. The summed E-state index contributed by atoms with van der Waals surface area (Å²) in [4.78, 5) is 34.4. The summed E-state index contributed by atoms with van der Waals surface area (Å²) in [6.45, 7) is -0.0103. The van der Waals surface area contributed by atoms with Crippen LogP contribution in [0.3, 0.4) is 0 Å². The van der Waals surface area contributed by atoms with Crippen LogP contribution in [0.25, 0.3) is 11.4 Å². The fraction of sp³-hybridized carbons (Fsp3) is 0.286. The lowest BCUT2D eigenvalue weighted by Crippen LogP contribution is -2.46. The molecular formula is C28H28FN7O2. The van der Waals surface area contributed by atoms with Crippen molar-refractivity contribution in [2.75, 3.05) is 0 Å². The summed E-state index contributed by atoms with van der Waals surface area (Å²) in [5, 5.41) is 15.5. The van der Waals surface area contributed by atoms with Crippen molar-refractivity contribution in [1.82, 2.24) is 35.4 Å². The van der Waals surface area contributed by atoms with Crippen LogP contribution in [0.2, 0.25) is 0 Å². The molecule has 1 atom stereocenters. The van der Waals surface area contributed by atoms with E-state index in [-0.39, 0.29) is 42.6 Å². The molecule has 2 heterocycles. The zero-order chi connectivity index (χ0) is 26.3. The van der Waals surface area contributed by atoms with Crippen molar-refractivity contribution in [3.8, 4) is 11.4 Å². The van der Waals surface area contributed by atoms with Crippen LogP contribution >= 0.6 is 0 Å². The van der Waals surface area contributed by atoms with Gasteiger partial charge >= 0.3 is 0 Å². The Morgan fingerprint density at radius 2 is 1.71 bits per heavy atom. The summed E-state index contributed by atoms with van der Waals surface area (Å²) in [5.41, 5.74) is 2.13. The Balaban J connectivity index is 1.44. The smallest absolute Gasteiger partial charge is 0.247 e. The normalized spacial score (nSPS) is 14.2. The molecule has 1 N–H and O–H groups in total. The number of hydrogen-bond acceptors (Lipinski definition) is 6. The van der Waals surface area contributed by atoms with E-state index >= 15 is 0 Å². The summed E-state index contributed by atoms with van der Waals surface area (Å²) in [7, 11) is 0. The number of carbonyl (C=O) groups is 2. The molecule has 9 nitrogen and oxygen atoms in total. The Morgan fingerprint density at radius 1 is 1.00 bits per heavy atom. The number of rotatable bonds is 9. The van der Waals surface area contributed by atoms with Crippen LogP contribution in [0.1, 0.15) is 42.9 Å². The molecule has 5 rings (SSSR count). The Kier molecular flexibility index (Phi) is 7.77. The fourth-order valence-corrected chi connectivity index (χ4v) is 4.71. The fourth-order valence-electron chi connectivity index (χ4n) is 4.71. The van der Waals surface area contributed by atoms with Crippen molar-refractivity contribution in [3.05, 3.63) is 96.1 Å². The summed E-state index contributed by atoms with van der Waals surface area (Å²) in [5.74, 6) is -0.672. The Hall–Kier alpha value is -4.47. The average molecular weight is 514 g/mol. The van der Waals surface area contributed by atoms with E-state index < -0.39 is 6.04 Å². The van der Waals surface area contributed by atoms with Gasteiger partial charge < -0.3 is 10.2 Å². The van der Waals surface area contributed by atoms with Gasteiger partial charge in [-0.15, -0.1) is 10.2 Å². The maximum Gasteiger partial charge on any atom is 0.247 e. The minimum atomic E-state index is -0.869. The first-order chi connectivity index (χ1) is 18.6. The SMILES string of the molecule is O=C(NC1CCCC1)[C@H](c1ccncc1)N(Cc1ccccc1)C(=O)Cn1nnc(-c2ccc(F)cc2)n1. The molecule has 1 aliphatic rings. The lowest BCUT2D eigenvalue weighted by atomic mass is 10.0. The molecule has 0 saturated heterocycles. The largest absolute Gasteiger partial charge is 0.351 e. The molecular weight excluding hydrogens is 485 g/mol. The van der Waals surface area contributed by atoms with Crippen LogP contribution in [0.15, 0.2) is 79.1 Å². The van der Waals surface area contributed by atoms with Crippen molar-refractivity contribution in [1.29, 1.82) is 0 Å². The second-order valence-electron chi connectivity index (χ2n) is 9.33. The van der Waals surface area contributed by atoms with Gasteiger partial charge in [0.25, 0.3) is 0 Å². The third-order valence-corrected chi connectivity index (χ3v) is 6.63. The quantitative estimate of drug-likeness (QED) is 0.366. The molecule has 194 valence electrons. The Bertz CT molecular complexity index is 1360. The van der Waals surface area contributed by atoms with Crippen molar-refractivity contribution in [2.24, 2.45) is 0 Å². The van der Waals surface area contributed by atoms with Gasteiger partial charge in [0.15, 0.2) is 0 Å². The van der Waals surface area contributed by atoms with Crippen LogP contribution in [0.5, 0.6) is 0 Å². The molecule has 1 aliphatic carbocycles. The molecule has 0 bridgehead atoms. The summed E-state index contributed by atoms with van der Waals surface area (Å²) < 4.78 is 13.3. The number of pyridine rings is 1. The van der Waals surface area contributed by atoms with Crippen LogP contribution in [-0.4, -0.2) is 47.9 Å². The van der Waals surface area contributed by atoms with Crippen LogP contribution in [0, 0.1) is 5.82 Å². The Labute approximate surface area is 219 Å². The maximum atomic E-state index is 13.8. The number of benzene rings is 2. The molecule has 2 aromatic heterocycles. The van der Waals surface area contributed by atoms with E-state index in [1.54, 1.807) is 41.6 Å². The van der Waals surface area contributed by atoms with Gasteiger partial charge in [-0.2, -0.15) is 4.80 Å². The highest BCUT2D eigenvalue weighted by atomic mass is 19.1. The lowest BCUT2D eigenvalue weighted by molar-refractivity contribution is -0.142. The van der Waals surface area contributed by atoms with E-state index in [1.165, 1.54) is 16.9 Å². The second kappa shape index (κ2) is 11.7. The number of amides is 2. The maximum absolute atomic E-state index is 13.8. The highest BCUT2D eigenvalue weighted by Gasteiger charge is 2.33. The number of hydrogen-bond donors (Lipinski definition) is 1. The minimum Gasteiger partial charge on any atom is -0.351 e. The molecule has 38 heavy (non-hydrogen) atoms. The first kappa shape index (κ1) is 25.2. The third kappa shape index (κ3) is 6.08. The summed E-state index contributed by atoms with van der Waals surface area (Å²) in [6, 6.07) is 18.0. The Morgan fingerprint density at radius 3 is 2.42 bits per heavy atom. The van der Waals surface area contributed by atoms with E-state index in [4.69, 9.17) is 0 Å². The van der Waals surface area contributed by atoms with Gasteiger partial charge in [-0.1, -0.05) is 43.2 Å². The number of aromatic nitrogens is 5. The summed E-state index contributed by atoms with van der Waals surface area (Å²) >= 11 is 0. The van der Waals surface area contributed by atoms with Crippen molar-refractivity contribution in [2.45, 2.75) is 50.9 Å². The lowest BCUT2D eigenvalue weighted by Gasteiger charge is -2.32. The van der Waals surface area contributed by atoms with Crippen molar-refractivity contribution < 1.29 is 14.0 Å². The molecule has 0 radical (unpaired) electrons. The van der Waals surface area contributed by atoms with Gasteiger partial charge in [0.1, 0.15) is 18.4 Å². The van der Waals surface area contributed by atoms with E-state index in [0.29, 0.717) is 11.1 Å². The van der Waals surface area contributed by atoms with Crippen molar-refractivity contribution >= 4 is 11.8 Å². The predicted molar refractivity (Wildman–Crippen MR) is 138 cm³/mol. The molecule has 4 aromatic rings. The molecule has 0 unspecified atom stereocenters. The van der Waals surface area contributed by atoms with Crippen molar-refractivity contribution in [3.63, 3.8) is 0 Å². The predicted octanol–water partition coefficient (Wildman–Crippen LogP) is 3.70. The number of halogens is 1. The monoisotopic (exact) mass is 513 g/mol. The highest BCUT2D eigenvalue weighted by Crippen LogP contribution is 2.26. The highest BCUT2D eigenvalue weighted by molar-refractivity contribution is 5.88. The molecule has 0 spiro atoms. The zero-order valence-electron chi connectivity index (χ0n) is 20.8. The summed E-state index contributed by atoms with van der Waals surface area (Å²) in [6.07, 6.45) is 7.24. The van der Waals surface area contributed by atoms with Crippen LogP contribution in [0.4, 0.5) is 4.39 Å². The second-order valence-corrected chi connectivity index (χ2v) is 9.33. The standard InChI is InChI=1S/C28H28FN7O2/c29-23-12-10-22(11-13-23)27-32-34-36(33-27)19-25(37)35(18-20-6-2-1-3-7-20)26(21-14-16-30-17-15-21)28(38)31-24-8-4-5-9-24/h1-3,6-7,10-17,24,26H,4-5,8-9,18-19H2,(H,31,38)/t26-/m0/s1. The molecule has 1 saturated carbocycles. The molecule has 2 aromatic carbocycles. The number of nitrogens with one attached hydrogen (secondary N) is 1. The first-order valence-electron chi connectivity index (χ1n) is 12.6.